The van der Waals surface area contributed by atoms with Crippen LogP contribution in [0.4, 0.5) is 5.69 Å². The number of carbonyl (C=O) groups is 1. The molecule has 1 N–H and O–H groups in total. The SMILES string of the molecule is Cc1cc(=O)oc2c3c(cc(OCC(=O)N4CC5CC(C4)c4ccc(N([O-])O)c(=O)n4C5)c12)OC(C)(C)CC3. The van der Waals surface area contributed by atoms with Gasteiger partial charge >= 0.3 is 5.63 Å². The molecule has 0 radical (unpaired) electrons. The number of rotatable bonds is 4. The molecule has 0 spiro atoms. The molecule has 1 amide bonds. The van der Waals surface area contributed by atoms with Crippen molar-refractivity contribution in [1.29, 1.82) is 0 Å². The fraction of sp³-hybridized carbons (Fsp3) is 0.464. The molecule has 0 saturated carbocycles. The van der Waals surface area contributed by atoms with Gasteiger partial charge in [-0.2, -0.15) is 0 Å². The average Bonchev–Trinajstić information content (AvgIpc) is 2.86. The van der Waals surface area contributed by atoms with Crippen molar-refractivity contribution >= 4 is 22.6 Å². The number of nitrogens with zero attached hydrogens (tertiary/aromatic N) is 3. The summed E-state index contributed by atoms with van der Waals surface area (Å²) in [6, 6.07) is 6.18. The summed E-state index contributed by atoms with van der Waals surface area (Å²) < 4.78 is 19.4. The Kier molecular flexibility index (Phi) is 5.96. The zero-order valence-electron chi connectivity index (χ0n) is 22.1. The molecule has 2 unspecified atom stereocenters. The number of carbonyl (C=O) groups excluding carboxylic acids is 1. The zero-order chi connectivity index (χ0) is 27.6. The van der Waals surface area contributed by atoms with Crippen molar-refractivity contribution in [2.24, 2.45) is 5.92 Å². The summed E-state index contributed by atoms with van der Waals surface area (Å²) in [7, 11) is 0. The number of fused-ring (bicyclic) bond motifs is 7. The number of likely N-dealkylation sites (tertiary alicyclic amines) is 1. The summed E-state index contributed by atoms with van der Waals surface area (Å²) in [6.45, 7) is 6.82. The van der Waals surface area contributed by atoms with Crippen LogP contribution in [0.15, 0.2) is 38.3 Å². The Labute approximate surface area is 223 Å². The minimum Gasteiger partial charge on any atom is -0.733 e. The fourth-order valence-corrected chi connectivity index (χ4v) is 6.25. The van der Waals surface area contributed by atoms with E-state index in [1.54, 1.807) is 17.0 Å². The zero-order valence-corrected chi connectivity index (χ0v) is 22.1. The number of aromatic nitrogens is 1. The second kappa shape index (κ2) is 9.13. The number of amides is 1. The standard InChI is InChI=1S/C28H30N3O8/c1-15-8-24(33)38-26-18-6-7-28(2,3)39-21(18)10-22(25(15)26)37-14-23(32)29-11-16-9-17(13-29)19-4-5-20(31(35)36)27(34)30(19)12-16/h4-5,8,10,16-17,35H,6-7,9,11-14H2,1-3H3/q-1. The molecule has 206 valence electrons. The third kappa shape index (κ3) is 4.45. The Morgan fingerprint density at radius 1 is 1.23 bits per heavy atom. The summed E-state index contributed by atoms with van der Waals surface area (Å²) in [5.41, 5.74) is 1.01. The molecule has 2 atom stereocenters. The van der Waals surface area contributed by atoms with E-state index in [2.05, 4.69) is 0 Å². The first-order valence-electron chi connectivity index (χ1n) is 13.1. The second-order valence-corrected chi connectivity index (χ2v) is 11.4. The first-order valence-corrected chi connectivity index (χ1v) is 13.1. The van der Waals surface area contributed by atoms with E-state index in [4.69, 9.17) is 13.9 Å². The number of hydrogen-bond acceptors (Lipinski definition) is 9. The molecular formula is C28H30N3O8-. The fourth-order valence-electron chi connectivity index (χ4n) is 6.25. The van der Waals surface area contributed by atoms with Gasteiger partial charge in [0.2, 0.25) is 0 Å². The van der Waals surface area contributed by atoms with Crippen LogP contribution in [-0.2, 0) is 17.8 Å². The summed E-state index contributed by atoms with van der Waals surface area (Å²) in [5.74, 6) is 0.773. The van der Waals surface area contributed by atoms with Gasteiger partial charge in [-0.3, -0.25) is 14.8 Å². The van der Waals surface area contributed by atoms with E-state index in [-0.39, 0.29) is 35.6 Å². The molecule has 1 aromatic carbocycles. The van der Waals surface area contributed by atoms with E-state index in [0.717, 1.165) is 24.1 Å². The number of pyridine rings is 1. The summed E-state index contributed by atoms with van der Waals surface area (Å²) in [4.78, 5) is 40.0. The van der Waals surface area contributed by atoms with Crippen LogP contribution in [0, 0.1) is 18.0 Å². The van der Waals surface area contributed by atoms with Crippen LogP contribution in [0.3, 0.4) is 0 Å². The predicted molar refractivity (Wildman–Crippen MR) is 142 cm³/mol. The van der Waals surface area contributed by atoms with Crippen molar-refractivity contribution in [1.82, 2.24) is 9.47 Å². The maximum absolute atomic E-state index is 13.3. The molecule has 3 aromatic rings. The van der Waals surface area contributed by atoms with Crippen LogP contribution in [0.2, 0.25) is 0 Å². The molecule has 3 aliphatic heterocycles. The van der Waals surface area contributed by atoms with Crippen LogP contribution in [0.1, 0.15) is 49.4 Å². The van der Waals surface area contributed by atoms with Crippen molar-refractivity contribution in [3.8, 4) is 11.5 Å². The summed E-state index contributed by atoms with van der Waals surface area (Å²) >= 11 is 0. The second-order valence-electron chi connectivity index (χ2n) is 11.4. The molecule has 11 nitrogen and oxygen atoms in total. The number of benzene rings is 1. The van der Waals surface area contributed by atoms with Crippen LogP contribution < -0.4 is 25.9 Å². The van der Waals surface area contributed by atoms with Gasteiger partial charge in [-0.05, 0) is 63.6 Å². The first kappa shape index (κ1) is 25.4. The molecule has 1 fully saturated rings. The number of hydrogen-bond donors (Lipinski definition) is 1. The lowest BCUT2D eigenvalue weighted by Gasteiger charge is -2.43. The molecular weight excluding hydrogens is 506 g/mol. The molecule has 0 aliphatic carbocycles. The summed E-state index contributed by atoms with van der Waals surface area (Å²) in [6.07, 6.45) is 2.29. The molecule has 11 heteroatoms. The number of anilines is 1. The van der Waals surface area contributed by atoms with Gasteiger partial charge in [-0.25, -0.2) is 4.79 Å². The molecule has 39 heavy (non-hydrogen) atoms. The van der Waals surface area contributed by atoms with Gasteiger partial charge in [-0.15, -0.1) is 0 Å². The van der Waals surface area contributed by atoms with Crippen LogP contribution >= 0.6 is 0 Å². The van der Waals surface area contributed by atoms with E-state index in [1.807, 2.05) is 20.8 Å². The largest absolute Gasteiger partial charge is 0.733 e. The van der Waals surface area contributed by atoms with Crippen LogP contribution in [0.5, 0.6) is 11.5 Å². The van der Waals surface area contributed by atoms with E-state index in [9.17, 15) is 24.8 Å². The monoisotopic (exact) mass is 536 g/mol. The van der Waals surface area contributed by atoms with Crippen molar-refractivity contribution in [2.75, 3.05) is 24.9 Å². The minimum atomic E-state index is -0.533. The highest BCUT2D eigenvalue weighted by Gasteiger charge is 2.37. The topological polar surface area (TPSA) is 138 Å². The quantitative estimate of drug-likeness (QED) is 0.394. The van der Waals surface area contributed by atoms with Crippen molar-refractivity contribution in [3.63, 3.8) is 0 Å². The normalized spacial score (nSPS) is 21.1. The third-order valence-electron chi connectivity index (χ3n) is 8.10. The van der Waals surface area contributed by atoms with E-state index in [0.29, 0.717) is 54.1 Å². The molecule has 5 heterocycles. The van der Waals surface area contributed by atoms with Gasteiger partial charge in [0.1, 0.15) is 28.4 Å². The van der Waals surface area contributed by atoms with E-state index in [1.165, 1.54) is 16.7 Å². The smallest absolute Gasteiger partial charge is 0.336 e. The van der Waals surface area contributed by atoms with Crippen LogP contribution in [-0.4, -0.2) is 45.9 Å². The summed E-state index contributed by atoms with van der Waals surface area (Å²) in [5, 5.41) is 20.8. The van der Waals surface area contributed by atoms with Gasteiger partial charge in [0.15, 0.2) is 6.61 Å². The Balaban J connectivity index is 1.25. The lowest BCUT2D eigenvalue weighted by molar-refractivity contribution is -0.136. The van der Waals surface area contributed by atoms with Gasteiger partial charge < -0.3 is 33.8 Å². The third-order valence-corrected chi connectivity index (χ3v) is 8.10. The Hall–Kier alpha value is -3.83. The lowest BCUT2D eigenvalue weighted by Crippen LogP contribution is -2.50. The highest BCUT2D eigenvalue weighted by Crippen LogP contribution is 2.43. The number of aryl methyl sites for hydroxylation is 2. The Bertz CT molecular complexity index is 1610. The van der Waals surface area contributed by atoms with E-state index >= 15 is 0 Å². The Morgan fingerprint density at radius 2 is 2.03 bits per heavy atom. The molecule has 2 aromatic heterocycles. The maximum atomic E-state index is 13.3. The van der Waals surface area contributed by atoms with Gasteiger partial charge in [-0.1, -0.05) is 0 Å². The molecule has 6 rings (SSSR count). The highest BCUT2D eigenvalue weighted by atomic mass is 16.8. The number of ether oxygens (including phenoxy) is 2. The van der Waals surface area contributed by atoms with Crippen molar-refractivity contribution in [3.05, 3.63) is 67.1 Å². The first-order chi connectivity index (χ1) is 18.5. The highest BCUT2D eigenvalue weighted by molar-refractivity contribution is 5.91. The maximum Gasteiger partial charge on any atom is 0.336 e. The van der Waals surface area contributed by atoms with E-state index < -0.39 is 16.4 Å². The van der Waals surface area contributed by atoms with Crippen molar-refractivity contribution in [2.45, 2.75) is 58.1 Å². The molecule has 2 bridgehead atoms. The van der Waals surface area contributed by atoms with Crippen LogP contribution in [0.25, 0.3) is 11.0 Å². The average molecular weight is 537 g/mol. The number of piperidine rings is 1. The van der Waals surface area contributed by atoms with Gasteiger partial charge in [0.05, 0.1) is 5.39 Å². The molecule has 1 saturated heterocycles. The predicted octanol–water partition coefficient (Wildman–Crippen LogP) is 3.08. The lowest BCUT2D eigenvalue weighted by atomic mass is 9.83. The van der Waals surface area contributed by atoms with Crippen molar-refractivity contribution < 1.29 is 23.9 Å². The Morgan fingerprint density at radius 3 is 2.79 bits per heavy atom. The van der Waals surface area contributed by atoms with Gasteiger partial charge in [0, 0.05) is 48.9 Å². The minimum absolute atomic E-state index is 0.0312. The molecule has 3 aliphatic rings. The van der Waals surface area contributed by atoms with Gasteiger partial charge in [0.25, 0.3) is 11.5 Å².